The fraction of sp³-hybridized carbons (Fsp3) is 0.357. The van der Waals surface area contributed by atoms with Crippen molar-refractivity contribution >= 4 is 21.9 Å². The lowest BCUT2D eigenvalue weighted by Crippen LogP contribution is -2.11. The molecule has 1 N–H and O–H groups in total. The van der Waals surface area contributed by atoms with E-state index in [4.69, 9.17) is 4.52 Å². The molecule has 0 saturated carbocycles. The Morgan fingerprint density at radius 2 is 2.06 bits per heavy atom. The van der Waals surface area contributed by atoms with Crippen LogP contribution in [0.1, 0.15) is 32.0 Å². The van der Waals surface area contributed by atoms with Crippen LogP contribution in [0.3, 0.4) is 0 Å². The van der Waals surface area contributed by atoms with Crippen LogP contribution in [-0.2, 0) is 5.41 Å². The molecule has 1 aromatic carbocycles. The molecule has 0 bridgehead atoms. The summed E-state index contributed by atoms with van der Waals surface area (Å²) in [5, 5.41) is 5.29. The van der Waals surface area contributed by atoms with Crippen molar-refractivity contribution in [1.82, 2.24) is 10.1 Å². The van der Waals surface area contributed by atoms with Gasteiger partial charge in [-0.3, -0.25) is 4.98 Å². The average Bonchev–Trinajstić information content (AvgIpc) is 2.81. The van der Waals surface area contributed by atoms with E-state index in [-0.39, 0.29) is 5.41 Å². The molecule has 3 aromatic rings. The zero-order chi connectivity index (χ0) is 12.2. The highest BCUT2D eigenvalue weighted by Gasteiger charge is 2.22. The number of nitrogens with zero attached hydrogens (tertiary/aromatic N) is 1. The number of H-pyrrole nitrogens is 1. The molecular formula is C14H16N2O. The highest BCUT2D eigenvalue weighted by molar-refractivity contribution is 6.07. The first-order valence-electron chi connectivity index (χ1n) is 5.84. The van der Waals surface area contributed by atoms with E-state index in [1.165, 1.54) is 5.56 Å². The Morgan fingerprint density at radius 3 is 2.76 bits per heavy atom. The van der Waals surface area contributed by atoms with Crippen molar-refractivity contribution in [3.8, 4) is 0 Å². The molecule has 0 unspecified atom stereocenters. The molecule has 0 fully saturated rings. The fourth-order valence-corrected chi connectivity index (χ4v) is 2.35. The molecule has 0 aliphatic heterocycles. The van der Waals surface area contributed by atoms with Gasteiger partial charge in [0.2, 0.25) is 0 Å². The van der Waals surface area contributed by atoms with Gasteiger partial charge in [-0.05, 0) is 24.5 Å². The van der Waals surface area contributed by atoms with Gasteiger partial charge in [0, 0.05) is 17.1 Å². The lowest BCUT2D eigenvalue weighted by molar-refractivity contribution is 0.441. The first kappa shape index (κ1) is 10.4. The summed E-state index contributed by atoms with van der Waals surface area (Å²) in [4.78, 5) is 4.41. The topological polar surface area (TPSA) is 41.8 Å². The Morgan fingerprint density at radius 1 is 1.29 bits per heavy atom. The highest BCUT2D eigenvalue weighted by atomic mass is 16.5. The molecule has 0 atom stereocenters. The number of hydrogen-bond acceptors (Lipinski definition) is 2. The van der Waals surface area contributed by atoms with Crippen LogP contribution in [0.5, 0.6) is 0 Å². The third-order valence-corrected chi connectivity index (χ3v) is 3.24. The molecule has 3 rings (SSSR count). The largest absolute Gasteiger partial charge is 0.381 e. The summed E-state index contributed by atoms with van der Waals surface area (Å²) >= 11 is 0. The second kappa shape index (κ2) is 3.13. The van der Waals surface area contributed by atoms with Crippen LogP contribution < -0.4 is 0 Å². The van der Waals surface area contributed by atoms with E-state index in [9.17, 15) is 0 Å². The summed E-state index contributed by atoms with van der Waals surface area (Å²) in [5.74, 6) is 0. The maximum absolute atomic E-state index is 5.63. The summed E-state index contributed by atoms with van der Waals surface area (Å²) in [6, 6.07) is 4.18. The van der Waals surface area contributed by atoms with Gasteiger partial charge in [0.25, 0.3) is 0 Å². The summed E-state index contributed by atoms with van der Waals surface area (Å²) in [6.45, 7) is 8.60. The minimum Gasteiger partial charge on any atom is -0.381 e. The minimum absolute atomic E-state index is 0.0452. The number of benzene rings is 1. The number of rotatable bonds is 0. The molecule has 88 valence electrons. The predicted molar refractivity (Wildman–Crippen MR) is 69.3 cm³/mol. The van der Waals surface area contributed by atoms with Crippen LogP contribution in [-0.4, -0.2) is 10.1 Å². The van der Waals surface area contributed by atoms with Crippen LogP contribution >= 0.6 is 0 Å². The number of aryl methyl sites for hydroxylation is 1. The van der Waals surface area contributed by atoms with Crippen LogP contribution in [0, 0.1) is 6.92 Å². The quantitative estimate of drug-likeness (QED) is 0.633. The predicted octanol–water partition coefficient (Wildman–Crippen LogP) is 3.92. The zero-order valence-electron chi connectivity index (χ0n) is 10.6. The summed E-state index contributed by atoms with van der Waals surface area (Å²) < 4.78 is 5.63. The molecule has 0 spiro atoms. The van der Waals surface area contributed by atoms with E-state index in [0.29, 0.717) is 0 Å². The third-order valence-electron chi connectivity index (χ3n) is 3.24. The highest BCUT2D eigenvalue weighted by Crippen LogP contribution is 2.36. The smallest absolute Gasteiger partial charge is 0.168 e. The Bertz CT molecular complexity index is 698. The lowest BCUT2D eigenvalue weighted by atomic mass is 9.85. The van der Waals surface area contributed by atoms with E-state index in [2.05, 4.69) is 37.0 Å². The van der Waals surface area contributed by atoms with E-state index < -0.39 is 0 Å². The zero-order valence-corrected chi connectivity index (χ0v) is 10.6. The van der Waals surface area contributed by atoms with Crippen molar-refractivity contribution in [2.45, 2.75) is 33.1 Å². The first-order valence-corrected chi connectivity index (χ1v) is 5.84. The van der Waals surface area contributed by atoms with Crippen LogP contribution in [0.25, 0.3) is 21.9 Å². The van der Waals surface area contributed by atoms with Crippen LogP contribution in [0.4, 0.5) is 0 Å². The van der Waals surface area contributed by atoms with E-state index >= 15 is 0 Å². The van der Waals surface area contributed by atoms with Gasteiger partial charge in [-0.15, -0.1) is 0 Å². The molecule has 2 heterocycles. The molecule has 2 aromatic heterocycles. The summed E-state index contributed by atoms with van der Waals surface area (Å²) in [5.41, 5.74) is 4.30. The Labute approximate surface area is 99.8 Å². The van der Waals surface area contributed by atoms with E-state index in [1.54, 1.807) is 0 Å². The van der Waals surface area contributed by atoms with E-state index in [1.807, 2.05) is 19.2 Å². The van der Waals surface area contributed by atoms with Crippen molar-refractivity contribution < 1.29 is 4.52 Å². The summed E-state index contributed by atoms with van der Waals surface area (Å²) in [6.07, 6.45) is 1.85. The maximum atomic E-state index is 5.63. The molecule has 0 saturated heterocycles. The van der Waals surface area contributed by atoms with Crippen molar-refractivity contribution in [3.63, 3.8) is 0 Å². The molecule has 0 amide bonds. The average molecular weight is 228 g/mol. The van der Waals surface area contributed by atoms with Gasteiger partial charge in [0.05, 0.1) is 16.6 Å². The molecule has 0 aliphatic rings. The Kier molecular flexibility index (Phi) is 1.91. The minimum atomic E-state index is 0.0452. The van der Waals surface area contributed by atoms with Crippen molar-refractivity contribution in [1.29, 1.82) is 0 Å². The molecule has 3 nitrogen and oxygen atoms in total. The van der Waals surface area contributed by atoms with Gasteiger partial charge in [0.1, 0.15) is 0 Å². The fourth-order valence-electron chi connectivity index (χ4n) is 2.35. The van der Waals surface area contributed by atoms with Crippen LogP contribution in [0.15, 0.2) is 22.9 Å². The molecular weight excluding hydrogens is 212 g/mol. The van der Waals surface area contributed by atoms with Crippen molar-refractivity contribution in [3.05, 3.63) is 29.6 Å². The van der Waals surface area contributed by atoms with Gasteiger partial charge in [0.15, 0.2) is 5.58 Å². The Hall–Kier alpha value is -1.77. The van der Waals surface area contributed by atoms with Gasteiger partial charge >= 0.3 is 0 Å². The van der Waals surface area contributed by atoms with Crippen molar-refractivity contribution in [2.24, 2.45) is 0 Å². The number of aromatic amines is 1. The Balaban J connectivity index is 2.56. The first-order chi connectivity index (χ1) is 7.98. The van der Waals surface area contributed by atoms with Crippen LogP contribution in [0.2, 0.25) is 0 Å². The normalized spacial score (nSPS) is 12.7. The molecule has 3 heteroatoms. The SMILES string of the molecule is Cc1[nH]oc2c(C(C)(C)C)cc3nccc3c12. The van der Waals surface area contributed by atoms with Crippen molar-refractivity contribution in [2.75, 3.05) is 0 Å². The summed E-state index contributed by atoms with van der Waals surface area (Å²) in [7, 11) is 0. The maximum Gasteiger partial charge on any atom is 0.168 e. The van der Waals surface area contributed by atoms with Gasteiger partial charge < -0.3 is 4.52 Å². The molecule has 0 radical (unpaired) electrons. The number of hydrogen-bond donors (Lipinski definition) is 1. The van der Waals surface area contributed by atoms with Gasteiger partial charge in [-0.2, -0.15) is 0 Å². The second-order valence-corrected chi connectivity index (χ2v) is 5.59. The third kappa shape index (κ3) is 1.38. The second-order valence-electron chi connectivity index (χ2n) is 5.59. The monoisotopic (exact) mass is 228 g/mol. The number of aromatic nitrogens is 2. The van der Waals surface area contributed by atoms with Gasteiger partial charge in [-0.25, -0.2) is 5.16 Å². The number of nitrogens with one attached hydrogen (secondary N) is 1. The molecule has 0 aliphatic carbocycles. The molecule has 17 heavy (non-hydrogen) atoms. The van der Waals surface area contributed by atoms with Gasteiger partial charge in [-0.1, -0.05) is 20.8 Å². The lowest BCUT2D eigenvalue weighted by Gasteiger charge is -2.18. The standard InChI is InChI=1S/C14H16N2O/c1-8-12-9-5-6-15-11(9)7-10(14(2,3)4)13(12)17-16-8/h5-7,16H,1-4H3. The number of fused-ring (bicyclic) bond motifs is 3. The van der Waals surface area contributed by atoms with E-state index in [0.717, 1.165) is 27.6 Å².